The van der Waals surface area contributed by atoms with Crippen LogP contribution in [0, 0.1) is 29.1 Å². The Morgan fingerprint density at radius 2 is 1.87 bits per heavy atom. The molecule has 0 amide bonds. The minimum Gasteiger partial charge on any atom is -0.393 e. The average molecular weight is 415 g/mol. The van der Waals surface area contributed by atoms with E-state index in [0.717, 1.165) is 37.5 Å². The Bertz CT molecular complexity index is 679. The van der Waals surface area contributed by atoms with Gasteiger partial charge in [-0.05, 0) is 106 Å². The van der Waals surface area contributed by atoms with Crippen LogP contribution < -0.4 is 0 Å². The number of hydrogen-bond acceptors (Lipinski definition) is 2. The summed E-state index contributed by atoms with van der Waals surface area (Å²) in [5.74, 6) is 2.57. The lowest BCUT2D eigenvalue weighted by atomic mass is 9.60. The zero-order chi connectivity index (χ0) is 22.1. The van der Waals surface area contributed by atoms with Gasteiger partial charge in [-0.1, -0.05) is 57.1 Å². The smallest absolute Gasteiger partial charge is 0.0617 e. The predicted octanol–water partition coefficient (Wildman–Crippen LogP) is 6.98. The monoisotopic (exact) mass is 414 g/mol. The minimum atomic E-state index is -0.577. The van der Waals surface area contributed by atoms with E-state index in [1.807, 2.05) is 13.8 Å². The van der Waals surface area contributed by atoms with Crippen molar-refractivity contribution in [1.82, 2.24) is 0 Å². The van der Waals surface area contributed by atoms with Gasteiger partial charge in [0.15, 0.2) is 0 Å². The molecule has 2 nitrogen and oxygen atoms in total. The molecule has 30 heavy (non-hydrogen) atoms. The van der Waals surface area contributed by atoms with Gasteiger partial charge in [-0.25, -0.2) is 0 Å². The molecule has 0 aromatic heterocycles. The van der Waals surface area contributed by atoms with E-state index in [0.29, 0.717) is 17.3 Å². The Hall–Kier alpha value is -0.860. The van der Waals surface area contributed by atoms with Crippen molar-refractivity contribution in [2.75, 3.05) is 0 Å². The van der Waals surface area contributed by atoms with Crippen LogP contribution in [-0.4, -0.2) is 21.9 Å². The fourth-order valence-electron chi connectivity index (χ4n) is 6.68. The molecular formula is C28H46O2. The third kappa shape index (κ3) is 5.13. The first-order valence-electron chi connectivity index (χ1n) is 12.5. The van der Waals surface area contributed by atoms with Gasteiger partial charge in [0.25, 0.3) is 0 Å². The van der Waals surface area contributed by atoms with E-state index >= 15 is 0 Å². The second kappa shape index (κ2) is 9.33. The van der Waals surface area contributed by atoms with Crippen molar-refractivity contribution in [3.8, 4) is 0 Å². The molecule has 3 aliphatic rings. The number of fused-ring (bicyclic) bond motifs is 1. The summed E-state index contributed by atoms with van der Waals surface area (Å²) in [4.78, 5) is 0. The molecule has 3 rings (SSSR count). The summed E-state index contributed by atoms with van der Waals surface area (Å²) >= 11 is 0. The minimum absolute atomic E-state index is 0.195. The van der Waals surface area contributed by atoms with Crippen molar-refractivity contribution >= 4 is 0 Å². The molecule has 0 bridgehead atoms. The molecule has 0 radical (unpaired) electrons. The van der Waals surface area contributed by atoms with Crippen molar-refractivity contribution in [2.45, 2.75) is 111 Å². The summed E-state index contributed by atoms with van der Waals surface area (Å²) in [6.45, 7) is 15.3. The van der Waals surface area contributed by atoms with Gasteiger partial charge in [0.05, 0.1) is 11.7 Å². The Labute approximate surface area is 185 Å². The molecule has 3 saturated carbocycles. The highest BCUT2D eigenvalue weighted by Gasteiger charge is 2.50. The van der Waals surface area contributed by atoms with Gasteiger partial charge in [0.2, 0.25) is 0 Å². The number of allylic oxidation sites excluding steroid dienone is 4. The second-order valence-electron chi connectivity index (χ2n) is 11.6. The molecule has 5 unspecified atom stereocenters. The highest BCUT2D eigenvalue weighted by molar-refractivity contribution is 5.36. The molecule has 0 aliphatic heterocycles. The van der Waals surface area contributed by atoms with E-state index in [1.54, 1.807) is 5.57 Å². The number of aliphatic hydroxyl groups is 2. The van der Waals surface area contributed by atoms with Crippen molar-refractivity contribution in [1.29, 1.82) is 0 Å². The lowest BCUT2D eigenvalue weighted by Crippen LogP contribution is -2.36. The maximum Gasteiger partial charge on any atom is 0.0617 e. The molecule has 0 aromatic carbocycles. The van der Waals surface area contributed by atoms with Crippen molar-refractivity contribution in [3.63, 3.8) is 0 Å². The SMILES string of the molecule is C=C1CCC(O)CC1=CC=C1CCC[C@@]2(C)C1CCC2C(C)CCC(C)C(C)(C)O. The Morgan fingerprint density at radius 1 is 1.13 bits per heavy atom. The van der Waals surface area contributed by atoms with Crippen LogP contribution in [0.4, 0.5) is 0 Å². The summed E-state index contributed by atoms with van der Waals surface area (Å²) in [7, 11) is 0. The molecule has 3 fully saturated rings. The lowest BCUT2D eigenvalue weighted by Gasteiger charge is -2.44. The molecule has 0 spiro atoms. The Kier molecular flexibility index (Phi) is 7.40. The van der Waals surface area contributed by atoms with Crippen molar-refractivity contribution in [3.05, 3.63) is 35.5 Å². The van der Waals surface area contributed by atoms with E-state index in [2.05, 4.69) is 39.5 Å². The van der Waals surface area contributed by atoms with E-state index in [1.165, 1.54) is 49.7 Å². The van der Waals surface area contributed by atoms with Gasteiger partial charge in [-0.15, -0.1) is 0 Å². The van der Waals surface area contributed by atoms with Crippen LogP contribution in [0.25, 0.3) is 0 Å². The third-order valence-electron chi connectivity index (χ3n) is 9.17. The topological polar surface area (TPSA) is 40.5 Å². The van der Waals surface area contributed by atoms with Crippen LogP contribution in [0.3, 0.4) is 0 Å². The second-order valence-corrected chi connectivity index (χ2v) is 11.6. The van der Waals surface area contributed by atoms with Gasteiger partial charge in [-0.3, -0.25) is 0 Å². The zero-order valence-electron chi connectivity index (χ0n) is 20.2. The maximum absolute atomic E-state index is 10.3. The first-order valence-corrected chi connectivity index (χ1v) is 12.5. The quantitative estimate of drug-likeness (QED) is 0.492. The molecule has 2 heteroatoms. The molecule has 0 saturated heterocycles. The van der Waals surface area contributed by atoms with Crippen LogP contribution >= 0.6 is 0 Å². The summed E-state index contributed by atoms with van der Waals surface area (Å²) in [5, 5.41) is 20.3. The summed E-state index contributed by atoms with van der Waals surface area (Å²) in [6.07, 6.45) is 15.9. The van der Waals surface area contributed by atoms with Crippen molar-refractivity contribution in [2.24, 2.45) is 29.1 Å². The van der Waals surface area contributed by atoms with Crippen LogP contribution in [0.1, 0.15) is 98.8 Å². The first-order chi connectivity index (χ1) is 14.0. The largest absolute Gasteiger partial charge is 0.393 e. The molecule has 0 heterocycles. The van der Waals surface area contributed by atoms with Gasteiger partial charge in [-0.2, -0.15) is 0 Å². The predicted molar refractivity (Wildman–Crippen MR) is 127 cm³/mol. The zero-order valence-corrected chi connectivity index (χ0v) is 20.2. The van der Waals surface area contributed by atoms with E-state index in [4.69, 9.17) is 0 Å². The molecule has 0 aromatic rings. The fourth-order valence-corrected chi connectivity index (χ4v) is 6.68. The first kappa shape index (κ1) is 23.8. The van der Waals surface area contributed by atoms with E-state index < -0.39 is 5.60 Å². The van der Waals surface area contributed by atoms with Crippen molar-refractivity contribution < 1.29 is 10.2 Å². The van der Waals surface area contributed by atoms with E-state index in [-0.39, 0.29) is 6.10 Å². The molecular weight excluding hydrogens is 368 g/mol. The van der Waals surface area contributed by atoms with Gasteiger partial charge >= 0.3 is 0 Å². The molecule has 3 aliphatic carbocycles. The normalized spacial score (nSPS) is 37.4. The summed E-state index contributed by atoms with van der Waals surface area (Å²) in [5.41, 5.74) is 3.96. The number of rotatable bonds is 6. The average Bonchev–Trinajstić information content (AvgIpc) is 3.03. The van der Waals surface area contributed by atoms with E-state index in [9.17, 15) is 10.2 Å². The van der Waals surface area contributed by atoms with Crippen LogP contribution in [0.5, 0.6) is 0 Å². The van der Waals surface area contributed by atoms with Gasteiger partial charge < -0.3 is 10.2 Å². The lowest BCUT2D eigenvalue weighted by molar-refractivity contribution is 0.0150. The van der Waals surface area contributed by atoms with Crippen LogP contribution in [0.15, 0.2) is 35.5 Å². The Morgan fingerprint density at radius 3 is 2.57 bits per heavy atom. The standard InChI is InChI=1S/C28H46O2/c1-19-10-14-24(29)18-23(19)13-12-22-8-7-17-28(6)25(15-16-26(22)28)20(2)9-11-21(3)27(4,5)30/h12-13,20-21,24-26,29-30H,1,7-11,14-18H2,2-6H3/t20?,21?,24?,25?,26?,28-/m1/s1. The highest BCUT2D eigenvalue weighted by atomic mass is 16.3. The number of aliphatic hydroxyl groups excluding tert-OH is 1. The molecule has 6 atom stereocenters. The summed E-state index contributed by atoms with van der Waals surface area (Å²) in [6, 6.07) is 0. The molecule has 170 valence electrons. The third-order valence-corrected chi connectivity index (χ3v) is 9.17. The summed E-state index contributed by atoms with van der Waals surface area (Å²) < 4.78 is 0. The van der Waals surface area contributed by atoms with Crippen LogP contribution in [-0.2, 0) is 0 Å². The highest BCUT2D eigenvalue weighted by Crippen LogP contribution is 2.60. The van der Waals surface area contributed by atoms with Gasteiger partial charge in [0, 0.05) is 0 Å². The maximum atomic E-state index is 10.3. The Balaban J connectivity index is 1.69. The number of hydrogen-bond donors (Lipinski definition) is 2. The fraction of sp³-hybridized carbons (Fsp3) is 0.786. The molecule has 2 N–H and O–H groups in total. The van der Waals surface area contributed by atoms with Crippen LogP contribution in [0.2, 0.25) is 0 Å². The van der Waals surface area contributed by atoms with Gasteiger partial charge in [0.1, 0.15) is 0 Å².